The van der Waals surface area contributed by atoms with Gasteiger partial charge in [0, 0.05) is 12.5 Å². The van der Waals surface area contributed by atoms with Crippen LogP contribution in [-0.2, 0) is 4.79 Å². The third kappa shape index (κ3) is 4.35. The molecule has 0 spiro atoms. The second-order valence-electron chi connectivity index (χ2n) is 5.27. The Bertz CT molecular complexity index is 290. The first-order chi connectivity index (χ1) is 8.12. The normalized spacial score (nSPS) is 20.3. The van der Waals surface area contributed by atoms with Gasteiger partial charge in [0.05, 0.1) is 12.5 Å². The summed E-state index contributed by atoms with van der Waals surface area (Å²) < 4.78 is 0. The molecular weight excluding hydrogens is 214 g/mol. The summed E-state index contributed by atoms with van der Waals surface area (Å²) in [4.78, 5) is 11.9. The van der Waals surface area contributed by atoms with Crippen molar-refractivity contribution < 1.29 is 4.79 Å². The predicted octanol–water partition coefficient (Wildman–Crippen LogP) is 1.70. The molecule has 96 valence electrons. The van der Waals surface area contributed by atoms with Crippen molar-refractivity contribution in [3.63, 3.8) is 0 Å². The van der Waals surface area contributed by atoms with Crippen LogP contribution in [0.5, 0.6) is 0 Å². The summed E-state index contributed by atoms with van der Waals surface area (Å²) in [5.74, 6) is 0.0418. The maximum atomic E-state index is 11.9. The molecule has 0 bridgehead atoms. The van der Waals surface area contributed by atoms with E-state index in [9.17, 15) is 4.79 Å². The van der Waals surface area contributed by atoms with E-state index in [1.807, 2.05) is 6.92 Å². The van der Waals surface area contributed by atoms with Crippen molar-refractivity contribution in [1.82, 2.24) is 5.32 Å². The van der Waals surface area contributed by atoms with Crippen LogP contribution < -0.4 is 11.1 Å². The Balaban J connectivity index is 2.45. The van der Waals surface area contributed by atoms with Crippen molar-refractivity contribution in [3.05, 3.63) is 0 Å². The molecule has 1 fully saturated rings. The van der Waals surface area contributed by atoms with Gasteiger partial charge in [-0.1, -0.05) is 19.3 Å². The summed E-state index contributed by atoms with van der Waals surface area (Å²) >= 11 is 0. The van der Waals surface area contributed by atoms with Gasteiger partial charge in [0.2, 0.25) is 5.91 Å². The van der Waals surface area contributed by atoms with Gasteiger partial charge in [0.25, 0.3) is 0 Å². The molecule has 3 N–H and O–H groups in total. The first-order valence-corrected chi connectivity index (χ1v) is 6.48. The Kier molecular flexibility index (Phi) is 5.43. The minimum absolute atomic E-state index is 0.00863. The third-order valence-corrected chi connectivity index (χ3v) is 3.69. The molecule has 4 nitrogen and oxygen atoms in total. The zero-order chi connectivity index (χ0) is 12.7. The van der Waals surface area contributed by atoms with E-state index in [-0.39, 0.29) is 17.4 Å². The lowest BCUT2D eigenvalue weighted by atomic mass is 9.71. The van der Waals surface area contributed by atoms with Crippen LogP contribution in [-0.4, -0.2) is 18.5 Å². The highest BCUT2D eigenvalue weighted by molar-refractivity contribution is 5.77. The SMILES string of the molecule is CC(CC#N)NC(=O)CC1(CN)CCCCC1. The van der Waals surface area contributed by atoms with Crippen molar-refractivity contribution in [3.8, 4) is 6.07 Å². The summed E-state index contributed by atoms with van der Waals surface area (Å²) in [5.41, 5.74) is 5.85. The van der Waals surface area contributed by atoms with E-state index in [1.165, 1.54) is 19.3 Å². The standard InChI is InChI=1S/C13H23N3O/c1-11(5-8-14)16-12(17)9-13(10-15)6-3-2-4-7-13/h11H,2-7,9-10,15H2,1H3,(H,16,17). The predicted molar refractivity (Wildman–Crippen MR) is 67.0 cm³/mol. The molecule has 0 saturated heterocycles. The number of carbonyl (C=O) groups is 1. The lowest BCUT2D eigenvalue weighted by Gasteiger charge is -2.35. The third-order valence-electron chi connectivity index (χ3n) is 3.69. The van der Waals surface area contributed by atoms with Crippen molar-refractivity contribution in [1.29, 1.82) is 5.26 Å². The Morgan fingerprint density at radius 1 is 1.47 bits per heavy atom. The quantitative estimate of drug-likeness (QED) is 0.764. The number of rotatable bonds is 5. The average Bonchev–Trinajstić information content (AvgIpc) is 2.30. The first kappa shape index (κ1) is 14.0. The minimum atomic E-state index is -0.0640. The van der Waals surface area contributed by atoms with Gasteiger partial charge in [0.1, 0.15) is 0 Å². The molecule has 17 heavy (non-hydrogen) atoms. The van der Waals surface area contributed by atoms with Crippen LogP contribution in [0, 0.1) is 16.7 Å². The molecule has 1 unspecified atom stereocenters. The maximum Gasteiger partial charge on any atom is 0.220 e. The molecule has 1 saturated carbocycles. The van der Waals surface area contributed by atoms with Gasteiger partial charge in [0.15, 0.2) is 0 Å². The smallest absolute Gasteiger partial charge is 0.220 e. The Morgan fingerprint density at radius 2 is 2.12 bits per heavy atom. The molecule has 0 aromatic rings. The van der Waals surface area contributed by atoms with Crippen LogP contribution in [0.4, 0.5) is 0 Å². The number of carbonyl (C=O) groups excluding carboxylic acids is 1. The van der Waals surface area contributed by atoms with Gasteiger partial charge in [-0.2, -0.15) is 5.26 Å². The number of amides is 1. The van der Waals surface area contributed by atoms with Crippen molar-refractivity contribution in [2.24, 2.45) is 11.1 Å². The van der Waals surface area contributed by atoms with Crippen LogP contribution in [0.15, 0.2) is 0 Å². The minimum Gasteiger partial charge on any atom is -0.353 e. The molecule has 1 amide bonds. The lowest BCUT2D eigenvalue weighted by Crippen LogP contribution is -2.41. The number of nitriles is 1. The van der Waals surface area contributed by atoms with Gasteiger partial charge in [-0.05, 0) is 31.7 Å². The summed E-state index contributed by atoms with van der Waals surface area (Å²) in [7, 11) is 0. The van der Waals surface area contributed by atoms with Gasteiger partial charge >= 0.3 is 0 Å². The second kappa shape index (κ2) is 6.61. The highest BCUT2D eigenvalue weighted by Gasteiger charge is 2.33. The van der Waals surface area contributed by atoms with E-state index in [1.54, 1.807) is 0 Å². The summed E-state index contributed by atoms with van der Waals surface area (Å²) in [6.45, 7) is 2.45. The van der Waals surface area contributed by atoms with E-state index >= 15 is 0 Å². The van der Waals surface area contributed by atoms with Crippen LogP contribution in [0.2, 0.25) is 0 Å². The summed E-state index contributed by atoms with van der Waals surface area (Å²) in [6, 6.07) is 2.00. The van der Waals surface area contributed by atoms with Crippen LogP contribution in [0.25, 0.3) is 0 Å². The highest BCUT2D eigenvalue weighted by atomic mass is 16.1. The zero-order valence-corrected chi connectivity index (χ0v) is 10.7. The highest BCUT2D eigenvalue weighted by Crippen LogP contribution is 2.38. The molecule has 0 radical (unpaired) electrons. The molecule has 0 aliphatic heterocycles. The van der Waals surface area contributed by atoms with Gasteiger partial charge < -0.3 is 11.1 Å². The fourth-order valence-electron chi connectivity index (χ4n) is 2.61. The molecule has 0 aromatic heterocycles. The molecule has 1 aliphatic rings. The first-order valence-electron chi connectivity index (χ1n) is 6.48. The monoisotopic (exact) mass is 237 g/mol. The van der Waals surface area contributed by atoms with E-state index in [2.05, 4.69) is 11.4 Å². The number of hydrogen-bond donors (Lipinski definition) is 2. The number of nitrogens with zero attached hydrogens (tertiary/aromatic N) is 1. The molecule has 0 aromatic carbocycles. The molecule has 0 heterocycles. The number of nitrogens with two attached hydrogens (primary N) is 1. The zero-order valence-electron chi connectivity index (χ0n) is 10.7. The lowest BCUT2D eigenvalue weighted by molar-refractivity contribution is -0.124. The molecule has 4 heteroatoms. The van der Waals surface area contributed by atoms with Crippen molar-refractivity contribution in [2.45, 2.75) is 57.9 Å². The number of nitrogens with one attached hydrogen (secondary N) is 1. The largest absolute Gasteiger partial charge is 0.353 e. The fourth-order valence-corrected chi connectivity index (χ4v) is 2.61. The van der Waals surface area contributed by atoms with Gasteiger partial charge in [-0.3, -0.25) is 4.79 Å². The molecule has 1 atom stereocenters. The van der Waals surface area contributed by atoms with E-state index in [0.29, 0.717) is 19.4 Å². The van der Waals surface area contributed by atoms with Gasteiger partial charge in [-0.15, -0.1) is 0 Å². The van der Waals surface area contributed by atoms with Crippen LogP contribution in [0.3, 0.4) is 0 Å². The molecule has 1 aliphatic carbocycles. The Morgan fingerprint density at radius 3 is 2.65 bits per heavy atom. The van der Waals surface area contributed by atoms with Crippen LogP contribution in [0.1, 0.15) is 51.9 Å². The van der Waals surface area contributed by atoms with E-state index in [0.717, 1.165) is 12.8 Å². The number of hydrogen-bond acceptors (Lipinski definition) is 3. The van der Waals surface area contributed by atoms with Crippen molar-refractivity contribution >= 4 is 5.91 Å². The Labute approximate surface area is 104 Å². The second-order valence-corrected chi connectivity index (χ2v) is 5.27. The van der Waals surface area contributed by atoms with Crippen molar-refractivity contribution in [2.75, 3.05) is 6.54 Å². The maximum absolute atomic E-state index is 11.9. The van der Waals surface area contributed by atoms with Crippen LogP contribution >= 0.6 is 0 Å². The summed E-state index contributed by atoms with van der Waals surface area (Å²) in [6.07, 6.45) is 6.61. The molecule has 1 rings (SSSR count). The molecular formula is C13H23N3O. The van der Waals surface area contributed by atoms with E-state index in [4.69, 9.17) is 11.0 Å². The Hall–Kier alpha value is -1.08. The topological polar surface area (TPSA) is 78.9 Å². The fraction of sp³-hybridized carbons (Fsp3) is 0.846. The summed E-state index contributed by atoms with van der Waals surface area (Å²) in [5, 5.41) is 11.4. The van der Waals surface area contributed by atoms with E-state index < -0.39 is 0 Å². The van der Waals surface area contributed by atoms with Gasteiger partial charge in [-0.25, -0.2) is 0 Å². The average molecular weight is 237 g/mol.